The molecule has 0 fully saturated rings. The molecule has 2 heterocycles. The first kappa shape index (κ1) is 18.8. The minimum absolute atomic E-state index is 0.141. The highest BCUT2D eigenvalue weighted by molar-refractivity contribution is 7.17. The molecule has 0 aliphatic heterocycles. The lowest BCUT2D eigenvalue weighted by Crippen LogP contribution is -2.02. The Hall–Kier alpha value is -3.58. The maximum Gasteiger partial charge on any atom is 0.338 e. The summed E-state index contributed by atoms with van der Waals surface area (Å²) in [5.74, 6) is 0.622. The molecule has 6 nitrogen and oxygen atoms in total. The SMILES string of the molecule is Nc1ncc(C(=O)O)c2scc(COc3cccc(OCc4ccccc4)c3)c12. The number of hydrogen-bond acceptors (Lipinski definition) is 6. The van der Waals surface area contributed by atoms with Gasteiger partial charge in [-0.05, 0) is 23.1 Å². The zero-order chi connectivity index (χ0) is 20.2. The molecular weight excluding hydrogens is 388 g/mol. The van der Waals surface area contributed by atoms with Crippen LogP contribution in [0.2, 0.25) is 0 Å². The lowest BCUT2D eigenvalue weighted by molar-refractivity contribution is 0.0699. The summed E-state index contributed by atoms with van der Waals surface area (Å²) in [7, 11) is 0. The normalized spacial score (nSPS) is 10.8. The van der Waals surface area contributed by atoms with Crippen molar-refractivity contribution in [1.29, 1.82) is 0 Å². The number of nitrogens with zero attached hydrogens (tertiary/aromatic N) is 1. The Labute approximate surface area is 171 Å². The standard InChI is InChI=1S/C22H18N2O4S/c23-21-19-15(13-29-20(19)18(10-24-21)22(25)26)12-28-17-8-4-7-16(9-17)27-11-14-5-2-1-3-6-14/h1-10,13H,11-12H2,(H2,23,24)(H,25,26). The number of pyridine rings is 1. The second-order valence-electron chi connectivity index (χ2n) is 6.37. The zero-order valence-electron chi connectivity index (χ0n) is 15.4. The smallest absolute Gasteiger partial charge is 0.338 e. The molecule has 0 spiro atoms. The van der Waals surface area contributed by atoms with Crippen LogP contribution >= 0.6 is 11.3 Å². The number of fused-ring (bicyclic) bond motifs is 1. The van der Waals surface area contributed by atoms with Crippen LogP contribution in [0.15, 0.2) is 66.2 Å². The van der Waals surface area contributed by atoms with E-state index in [1.54, 1.807) is 0 Å². The number of carboxylic acid groups (broad SMARTS) is 1. The van der Waals surface area contributed by atoms with Crippen molar-refractivity contribution in [3.63, 3.8) is 0 Å². The van der Waals surface area contributed by atoms with Crippen molar-refractivity contribution in [2.75, 3.05) is 5.73 Å². The predicted molar refractivity (Wildman–Crippen MR) is 113 cm³/mol. The highest BCUT2D eigenvalue weighted by atomic mass is 32.1. The lowest BCUT2D eigenvalue weighted by atomic mass is 10.1. The first-order chi connectivity index (χ1) is 14.1. The third-order valence-corrected chi connectivity index (χ3v) is 5.44. The molecule has 146 valence electrons. The van der Waals surface area contributed by atoms with Gasteiger partial charge in [0, 0.05) is 23.2 Å². The topological polar surface area (TPSA) is 94.7 Å². The molecule has 7 heteroatoms. The van der Waals surface area contributed by atoms with Crippen LogP contribution in [0.5, 0.6) is 11.5 Å². The van der Waals surface area contributed by atoms with E-state index in [9.17, 15) is 9.90 Å². The Morgan fingerprint density at radius 1 is 1.03 bits per heavy atom. The molecular formula is C22H18N2O4S. The molecule has 2 aromatic heterocycles. The summed E-state index contributed by atoms with van der Waals surface area (Å²) in [5, 5.41) is 11.8. The van der Waals surface area contributed by atoms with Gasteiger partial charge < -0.3 is 20.3 Å². The average molecular weight is 406 g/mol. The number of benzene rings is 2. The number of aromatic carboxylic acids is 1. The molecule has 4 rings (SSSR count). The average Bonchev–Trinajstić information content (AvgIpc) is 3.17. The molecule has 2 aromatic carbocycles. The summed E-state index contributed by atoms with van der Waals surface area (Å²) in [4.78, 5) is 15.4. The summed E-state index contributed by atoms with van der Waals surface area (Å²) in [6.45, 7) is 0.719. The molecule has 0 saturated heterocycles. The molecule has 0 bridgehead atoms. The number of anilines is 1. The minimum Gasteiger partial charge on any atom is -0.489 e. The van der Waals surface area contributed by atoms with Crippen LogP contribution in [-0.4, -0.2) is 16.1 Å². The minimum atomic E-state index is -1.03. The Kier molecular flexibility index (Phi) is 5.31. The third kappa shape index (κ3) is 4.14. The summed E-state index contributed by atoms with van der Waals surface area (Å²) in [6, 6.07) is 17.3. The number of aromatic nitrogens is 1. The van der Waals surface area contributed by atoms with Gasteiger partial charge in [-0.2, -0.15) is 0 Å². The van der Waals surface area contributed by atoms with Gasteiger partial charge in [-0.1, -0.05) is 36.4 Å². The van der Waals surface area contributed by atoms with E-state index in [0.717, 1.165) is 11.1 Å². The van der Waals surface area contributed by atoms with Gasteiger partial charge in [0.2, 0.25) is 0 Å². The van der Waals surface area contributed by atoms with Crippen molar-refractivity contribution < 1.29 is 19.4 Å². The van der Waals surface area contributed by atoms with E-state index >= 15 is 0 Å². The molecule has 0 aliphatic rings. The van der Waals surface area contributed by atoms with Gasteiger partial charge in [0.05, 0.1) is 10.3 Å². The number of nitrogen functional groups attached to an aromatic ring is 1. The molecule has 0 unspecified atom stereocenters. The van der Waals surface area contributed by atoms with Gasteiger partial charge in [0.15, 0.2) is 0 Å². The van der Waals surface area contributed by atoms with Gasteiger partial charge in [0.25, 0.3) is 0 Å². The van der Waals surface area contributed by atoms with Crippen molar-refractivity contribution in [3.05, 3.63) is 82.9 Å². The maximum absolute atomic E-state index is 11.4. The van der Waals surface area contributed by atoms with E-state index in [2.05, 4.69) is 4.98 Å². The number of rotatable bonds is 7. The third-order valence-electron chi connectivity index (χ3n) is 4.38. The number of carbonyl (C=O) groups is 1. The first-order valence-electron chi connectivity index (χ1n) is 8.89. The first-order valence-corrected chi connectivity index (χ1v) is 9.77. The number of hydrogen-bond donors (Lipinski definition) is 2. The van der Waals surface area contributed by atoms with E-state index in [0.29, 0.717) is 34.0 Å². The van der Waals surface area contributed by atoms with Crippen LogP contribution in [0.3, 0.4) is 0 Å². The summed E-state index contributed by atoms with van der Waals surface area (Å²) in [5.41, 5.74) is 8.01. The van der Waals surface area contributed by atoms with E-state index in [1.807, 2.05) is 60.0 Å². The lowest BCUT2D eigenvalue weighted by Gasteiger charge is -2.10. The molecule has 0 radical (unpaired) electrons. The zero-order valence-corrected chi connectivity index (χ0v) is 16.2. The van der Waals surface area contributed by atoms with Crippen molar-refractivity contribution >= 4 is 33.2 Å². The second kappa shape index (κ2) is 8.20. The van der Waals surface area contributed by atoms with Crippen LogP contribution < -0.4 is 15.2 Å². The van der Waals surface area contributed by atoms with E-state index < -0.39 is 5.97 Å². The van der Waals surface area contributed by atoms with E-state index in [1.165, 1.54) is 17.5 Å². The van der Waals surface area contributed by atoms with E-state index in [4.69, 9.17) is 15.2 Å². The molecule has 29 heavy (non-hydrogen) atoms. The highest BCUT2D eigenvalue weighted by Crippen LogP contribution is 2.33. The quantitative estimate of drug-likeness (QED) is 0.461. The predicted octanol–water partition coefficient (Wildman–Crippen LogP) is 4.73. The number of carboxylic acids is 1. The van der Waals surface area contributed by atoms with Crippen molar-refractivity contribution in [3.8, 4) is 11.5 Å². The van der Waals surface area contributed by atoms with Crippen LogP contribution in [0.1, 0.15) is 21.5 Å². The van der Waals surface area contributed by atoms with Crippen molar-refractivity contribution in [2.45, 2.75) is 13.2 Å². The van der Waals surface area contributed by atoms with Crippen molar-refractivity contribution in [1.82, 2.24) is 4.98 Å². The van der Waals surface area contributed by atoms with Crippen LogP contribution in [0.4, 0.5) is 5.82 Å². The second-order valence-corrected chi connectivity index (χ2v) is 7.24. The summed E-state index contributed by atoms with van der Waals surface area (Å²) in [6.07, 6.45) is 1.29. The van der Waals surface area contributed by atoms with Gasteiger partial charge in [-0.25, -0.2) is 9.78 Å². The molecule has 0 amide bonds. The van der Waals surface area contributed by atoms with Gasteiger partial charge in [-0.15, -0.1) is 11.3 Å². The largest absolute Gasteiger partial charge is 0.489 e. The Balaban J connectivity index is 1.48. The molecule has 0 aliphatic carbocycles. The van der Waals surface area contributed by atoms with Crippen LogP contribution in [-0.2, 0) is 13.2 Å². The number of ether oxygens (including phenoxy) is 2. The van der Waals surface area contributed by atoms with Crippen LogP contribution in [0, 0.1) is 0 Å². The number of thiophene rings is 1. The van der Waals surface area contributed by atoms with Gasteiger partial charge in [0.1, 0.15) is 30.5 Å². The summed E-state index contributed by atoms with van der Waals surface area (Å²) >= 11 is 1.32. The van der Waals surface area contributed by atoms with Crippen molar-refractivity contribution in [2.24, 2.45) is 0 Å². The highest BCUT2D eigenvalue weighted by Gasteiger charge is 2.17. The number of nitrogens with two attached hydrogens (primary N) is 1. The fraction of sp³-hybridized carbons (Fsp3) is 0.0909. The molecule has 3 N–H and O–H groups in total. The fourth-order valence-electron chi connectivity index (χ4n) is 2.94. The monoisotopic (exact) mass is 406 g/mol. The fourth-order valence-corrected chi connectivity index (χ4v) is 4.01. The Bertz CT molecular complexity index is 1160. The summed E-state index contributed by atoms with van der Waals surface area (Å²) < 4.78 is 12.3. The Morgan fingerprint density at radius 3 is 2.48 bits per heavy atom. The van der Waals surface area contributed by atoms with Gasteiger partial charge >= 0.3 is 5.97 Å². The van der Waals surface area contributed by atoms with Gasteiger partial charge in [-0.3, -0.25) is 0 Å². The van der Waals surface area contributed by atoms with Crippen LogP contribution in [0.25, 0.3) is 10.1 Å². The van der Waals surface area contributed by atoms with E-state index in [-0.39, 0.29) is 12.2 Å². The maximum atomic E-state index is 11.4. The Morgan fingerprint density at radius 2 is 1.76 bits per heavy atom. The molecule has 4 aromatic rings. The molecule has 0 saturated carbocycles. The molecule has 0 atom stereocenters.